The average molecular weight is 263 g/mol. The standard InChI is InChI=1S/C8H10INO/c9-7-3-6(1-2-10)4-8(11)5-7/h3-5,11H,1-2,10H2. The van der Waals surface area contributed by atoms with Gasteiger partial charge in [-0.1, -0.05) is 0 Å². The summed E-state index contributed by atoms with van der Waals surface area (Å²) in [6.07, 6.45) is 0.824. The molecule has 3 heteroatoms. The highest BCUT2D eigenvalue weighted by molar-refractivity contribution is 14.1. The van der Waals surface area contributed by atoms with Crippen LogP contribution in [0.2, 0.25) is 0 Å². The van der Waals surface area contributed by atoms with Crippen LogP contribution in [0.15, 0.2) is 18.2 Å². The first kappa shape index (κ1) is 8.80. The number of nitrogens with two attached hydrogens (primary N) is 1. The zero-order valence-electron chi connectivity index (χ0n) is 6.05. The third kappa shape index (κ3) is 2.67. The van der Waals surface area contributed by atoms with Crippen molar-refractivity contribution in [2.24, 2.45) is 5.73 Å². The van der Waals surface area contributed by atoms with E-state index >= 15 is 0 Å². The summed E-state index contributed by atoms with van der Waals surface area (Å²) in [4.78, 5) is 0. The van der Waals surface area contributed by atoms with Crippen molar-refractivity contribution < 1.29 is 5.11 Å². The van der Waals surface area contributed by atoms with E-state index in [1.807, 2.05) is 6.07 Å². The third-order valence-electron chi connectivity index (χ3n) is 1.38. The van der Waals surface area contributed by atoms with Gasteiger partial charge >= 0.3 is 0 Å². The maximum Gasteiger partial charge on any atom is 0.116 e. The molecular formula is C8H10INO. The molecule has 0 aliphatic heterocycles. The van der Waals surface area contributed by atoms with E-state index in [0.717, 1.165) is 15.6 Å². The number of aromatic hydroxyl groups is 1. The smallest absolute Gasteiger partial charge is 0.116 e. The summed E-state index contributed by atoms with van der Waals surface area (Å²) in [5, 5.41) is 9.17. The predicted octanol–water partition coefficient (Wildman–Crippen LogP) is 1.50. The molecule has 0 amide bonds. The molecule has 0 bridgehead atoms. The number of benzene rings is 1. The first-order valence-corrected chi connectivity index (χ1v) is 4.49. The van der Waals surface area contributed by atoms with Crippen LogP contribution in [0, 0.1) is 3.57 Å². The Hall–Kier alpha value is -0.290. The van der Waals surface area contributed by atoms with Crippen LogP contribution in [0.5, 0.6) is 5.75 Å². The first-order valence-electron chi connectivity index (χ1n) is 3.41. The van der Waals surface area contributed by atoms with Gasteiger partial charge in [-0.15, -0.1) is 0 Å². The van der Waals surface area contributed by atoms with Gasteiger partial charge < -0.3 is 10.8 Å². The van der Waals surface area contributed by atoms with Gasteiger partial charge in [0.15, 0.2) is 0 Å². The second-order valence-corrected chi connectivity index (χ2v) is 3.60. The van der Waals surface area contributed by atoms with E-state index in [0.29, 0.717) is 12.3 Å². The van der Waals surface area contributed by atoms with E-state index in [1.165, 1.54) is 0 Å². The van der Waals surface area contributed by atoms with Crippen molar-refractivity contribution in [2.75, 3.05) is 6.54 Å². The first-order chi connectivity index (χ1) is 5.22. The lowest BCUT2D eigenvalue weighted by molar-refractivity contribution is 0.474. The normalized spacial score (nSPS) is 10.0. The molecule has 2 nitrogen and oxygen atoms in total. The van der Waals surface area contributed by atoms with Gasteiger partial charge in [0.25, 0.3) is 0 Å². The average Bonchev–Trinajstić information content (AvgIpc) is 1.85. The summed E-state index contributed by atoms with van der Waals surface area (Å²) in [6.45, 7) is 0.625. The third-order valence-corrected chi connectivity index (χ3v) is 2.00. The fourth-order valence-corrected chi connectivity index (χ4v) is 1.66. The Kier molecular flexibility index (Phi) is 3.14. The summed E-state index contributed by atoms with van der Waals surface area (Å²) in [7, 11) is 0. The zero-order chi connectivity index (χ0) is 8.27. The van der Waals surface area contributed by atoms with Crippen LogP contribution in [0.4, 0.5) is 0 Å². The highest BCUT2D eigenvalue weighted by atomic mass is 127. The number of halogens is 1. The van der Waals surface area contributed by atoms with Crippen LogP contribution in [0.25, 0.3) is 0 Å². The van der Waals surface area contributed by atoms with Crippen LogP contribution in [0.3, 0.4) is 0 Å². The second kappa shape index (κ2) is 3.92. The minimum absolute atomic E-state index is 0.320. The van der Waals surface area contributed by atoms with Crippen molar-refractivity contribution in [3.63, 3.8) is 0 Å². The molecule has 0 saturated carbocycles. The van der Waals surface area contributed by atoms with Gasteiger partial charge in [-0.3, -0.25) is 0 Å². The summed E-state index contributed by atoms with van der Waals surface area (Å²) in [6, 6.07) is 5.49. The largest absolute Gasteiger partial charge is 0.508 e. The quantitative estimate of drug-likeness (QED) is 0.794. The van der Waals surface area contributed by atoms with Crippen LogP contribution >= 0.6 is 22.6 Å². The lowest BCUT2D eigenvalue weighted by Crippen LogP contribution is -2.02. The Morgan fingerprint density at radius 1 is 1.36 bits per heavy atom. The zero-order valence-corrected chi connectivity index (χ0v) is 8.21. The van der Waals surface area contributed by atoms with Crippen molar-refractivity contribution in [3.05, 3.63) is 27.3 Å². The summed E-state index contributed by atoms with van der Waals surface area (Å²) < 4.78 is 1.05. The molecule has 60 valence electrons. The number of hydrogen-bond donors (Lipinski definition) is 2. The van der Waals surface area contributed by atoms with Gasteiger partial charge in [-0.2, -0.15) is 0 Å². The number of rotatable bonds is 2. The Morgan fingerprint density at radius 2 is 2.09 bits per heavy atom. The maximum absolute atomic E-state index is 9.17. The fraction of sp³-hybridized carbons (Fsp3) is 0.250. The van der Waals surface area contributed by atoms with Gasteiger partial charge in [0.1, 0.15) is 5.75 Å². The topological polar surface area (TPSA) is 46.2 Å². The highest BCUT2D eigenvalue weighted by Gasteiger charge is 1.96. The number of hydrogen-bond acceptors (Lipinski definition) is 2. The molecule has 0 saturated heterocycles. The molecule has 0 aliphatic carbocycles. The molecule has 0 spiro atoms. The molecule has 0 unspecified atom stereocenters. The van der Waals surface area contributed by atoms with E-state index in [-0.39, 0.29) is 0 Å². The van der Waals surface area contributed by atoms with Gasteiger partial charge in [-0.25, -0.2) is 0 Å². The van der Waals surface area contributed by atoms with E-state index in [4.69, 9.17) is 5.73 Å². The SMILES string of the molecule is NCCc1cc(O)cc(I)c1. The molecule has 3 N–H and O–H groups in total. The minimum atomic E-state index is 0.320. The molecule has 11 heavy (non-hydrogen) atoms. The predicted molar refractivity (Wildman–Crippen MR) is 53.6 cm³/mol. The van der Waals surface area contributed by atoms with Gasteiger partial charge in [0.05, 0.1) is 0 Å². The van der Waals surface area contributed by atoms with Crippen LogP contribution in [-0.4, -0.2) is 11.7 Å². The highest BCUT2D eigenvalue weighted by Crippen LogP contribution is 2.17. The van der Waals surface area contributed by atoms with Gasteiger partial charge in [0, 0.05) is 3.57 Å². The van der Waals surface area contributed by atoms with Crippen molar-refractivity contribution in [2.45, 2.75) is 6.42 Å². The summed E-state index contributed by atoms with van der Waals surface area (Å²) in [5.41, 5.74) is 6.47. The Morgan fingerprint density at radius 3 is 2.64 bits per heavy atom. The van der Waals surface area contributed by atoms with Crippen molar-refractivity contribution in [3.8, 4) is 5.75 Å². The van der Waals surface area contributed by atoms with Crippen molar-refractivity contribution >= 4 is 22.6 Å². The number of phenolic OH excluding ortho intramolecular Hbond substituents is 1. The van der Waals surface area contributed by atoms with Crippen LogP contribution in [-0.2, 0) is 6.42 Å². The molecule has 1 rings (SSSR count). The summed E-state index contributed by atoms with van der Waals surface area (Å²) in [5.74, 6) is 0.320. The maximum atomic E-state index is 9.17. The minimum Gasteiger partial charge on any atom is -0.508 e. The second-order valence-electron chi connectivity index (χ2n) is 2.36. The van der Waals surface area contributed by atoms with Gasteiger partial charge in [0.2, 0.25) is 0 Å². The monoisotopic (exact) mass is 263 g/mol. The molecule has 0 radical (unpaired) electrons. The van der Waals surface area contributed by atoms with Gasteiger partial charge in [-0.05, 0) is 59.3 Å². The lowest BCUT2D eigenvalue weighted by atomic mass is 10.1. The molecule has 0 atom stereocenters. The van der Waals surface area contributed by atoms with Crippen molar-refractivity contribution in [1.29, 1.82) is 0 Å². The van der Waals surface area contributed by atoms with E-state index < -0.39 is 0 Å². The Balaban J connectivity index is 2.89. The molecule has 0 aliphatic rings. The van der Waals surface area contributed by atoms with Crippen LogP contribution < -0.4 is 5.73 Å². The molecule has 0 fully saturated rings. The molecular weight excluding hydrogens is 253 g/mol. The Labute approximate surface area is 79.6 Å². The molecule has 1 aromatic carbocycles. The van der Waals surface area contributed by atoms with Crippen molar-refractivity contribution in [1.82, 2.24) is 0 Å². The van der Waals surface area contributed by atoms with Crippen LogP contribution in [0.1, 0.15) is 5.56 Å². The van der Waals surface area contributed by atoms with E-state index in [2.05, 4.69) is 22.6 Å². The molecule has 1 aromatic rings. The molecule has 0 aromatic heterocycles. The van der Waals surface area contributed by atoms with E-state index in [1.54, 1.807) is 12.1 Å². The molecule has 0 heterocycles. The van der Waals surface area contributed by atoms with E-state index in [9.17, 15) is 5.11 Å². The number of phenols is 1. The summed E-state index contributed by atoms with van der Waals surface area (Å²) >= 11 is 2.17. The fourth-order valence-electron chi connectivity index (χ4n) is 0.944. The lowest BCUT2D eigenvalue weighted by Gasteiger charge is -2.00. The Bertz CT molecular complexity index is 230.